The summed E-state index contributed by atoms with van der Waals surface area (Å²) < 4.78 is 45.2. The highest BCUT2D eigenvalue weighted by molar-refractivity contribution is 6.32. The van der Waals surface area contributed by atoms with Gasteiger partial charge in [0.1, 0.15) is 22.6 Å². The first-order chi connectivity index (χ1) is 16.6. The lowest BCUT2D eigenvalue weighted by Gasteiger charge is -2.12. The lowest BCUT2D eigenvalue weighted by atomic mass is 10.1. The molecule has 35 heavy (non-hydrogen) atoms. The fourth-order valence-electron chi connectivity index (χ4n) is 3.72. The Morgan fingerprint density at radius 2 is 1.91 bits per heavy atom. The number of nitrogens with one attached hydrogen (secondary N) is 1. The van der Waals surface area contributed by atoms with Gasteiger partial charge in [0.05, 0.1) is 40.7 Å². The number of amides is 1. The van der Waals surface area contributed by atoms with Gasteiger partial charge in [-0.1, -0.05) is 17.7 Å². The Kier molecular flexibility index (Phi) is 5.28. The van der Waals surface area contributed by atoms with Crippen LogP contribution in [0.15, 0.2) is 49.1 Å². The second-order valence-electron chi connectivity index (χ2n) is 7.52. The molecule has 0 radical (unpaired) electrons. The van der Waals surface area contributed by atoms with Gasteiger partial charge in [0.15, 0.2) is 5.82 Å². The van der Waals surface area contributed by atoms with E-state index in [1.54, 1.807) is 25.3 Å². The number of aryl methyl sites for hydroxylation is 2. The minimum Gasteiger partial charge on any atom is -0.319 e. The number of anilines is 1. The van der Waals surface area contributed by atoms with Crippen molar-refractivity contribution in [3.8, 4) is 17.2 Å². The number of pyridine rings is 2. The van der Waals surface area contributed by atoms with Crippen LogP contribution in [0.4, 0.5) is 18.9 Å². The van der Waals surface area contributed by atoms with E-state index in [4.69, 9.17) is 11.6 Å². The minimum atomic E-state index is -4.88. The zero-order valence-electron chi connectivity index (χ0n) is 18.1. The van der Waals surface area contributed by atoms with Crippen LogP contribution in [0.2, 0.25) is 5.02 Å². The average molecular weight is 502 g/mol. The summed E-state index contributed by atoms with van der Waals surface area (Å²) in [4.78, 5) is 22.6. The zero-order chi connectivity index (χ0) is 24.9. The summed E-state index contributed by atoms with van der Waals surface area (Å²) in [5.74, 6) is -0.840. The van der Waals surface area contributed by atoms with E-state index in [1.807, 2.05) is 0 Å². The van der Waals surface area contributed by atoms with Crippen LogP contribution < -0.4 is 5.32 Å². The monoisotopic (exact) mass is 501 g/mol. The lowest BCUT2D eigenvalue weighted by Crippen LogP contribution is -2.21. The third kappa shape index (κ3) is 3.99. The quantitative estimate of drug-likeness (QED) is 0.399. The number of carbonyl (C=O) groups is 1. The molecule has 14 heteroatoms. The molecule has 0 atom stereocenters. The summed E-state index contributed by atoms with van der Waals surface area (Å²) in [5, 5.41) is 14.4. The highest BCUT2D eigenvalue weighted by Gasteiger charge is 2.42. The molecule has 5 aromatic rings. The Morgan fingerprint density at radius 1 is 1.17 bits per heavy atom. The van der Waals surface area contributed by atoms with E-state index in [9.17, 15) is 18.0 Å². The zero-order valence-corrected chi connectivity index (χ0v) is 18.9. The third-order valence-corrected chi connectivity index (χ3v) is 5.37. The van der Waals surface area contributed by atoms with Crippen LogP contribution in [-0.2, 0) is 13.2 Å². The third-order valence-electron chi connectivity index (χ3n) is 5.09. The van der Waals surface area contributed by atoms with Crippen molar-refractivity contribution in [2.75, 3.05) is 5.32 Å². The van der Waals surface area contributed by atoms with Gasteiger partial charge in [0.25, 0.3) is 5.91 Å². The number of rotatable bonds is 4. The molecule has 0 aliphatic rings. The van der Waals surface area contributed by atoms with Gasteiger partial charge in [0, 0.05) is 13.2 Å². The molecule has 10 nitrogen and oxygen atoms in total. The average Bonchev–Trinajstić information content (AvgIpc) is 3.50. The van der Waals surface area contributed by atoms with Crippen LogP contribution >= 0.6 is 11.6 Å². The van der Waals surface area contributed by atoms with Gasteiger partial charge in [-0.2, -0.15) is 28.5 Å². The Bertz CT molecular complexity index is 1570. The number of nitrogens with zero attached hydrogens (tertiary/aromatic N) is 8. The number of alkyl halides is 3. The maximum atomic E-state index is 14.3. The van der Waals surface area contributed by atoms with Crippen molar-refractivity contribution < 1.29 is 18.0 Å². The molecule has 5 rings (SSSR count). The molecule has 0 unspecified atom stereocenters. The summed E-state index contributed by atoms with van der Waals surface area (Å²) in [6.45, 7) is 1.73. The maximum absolute atomic E-state index is 14.3. The summed E-state index contributed by atoms with van der Waals surface area (Å²) in [5.41, 5.74) is -0.937. The number of carbonyl (C=O) groups excluding carboxylic acids is 1. The summed E-state index contributed by atoms with van der Waals surface area (Å²) in [6, 6.07) is 6.07. The Labute approximate surface area is 200 Å². The van der Waals surface area contributed by atoms with Crippen LogP contribution in [-0.4, -0.2) is 45.1 Å². The topological polar surface area (TPSA) is 108 Å². The number of halogens is 4. The first-order valence-electron chi connectivity index (χ1n) is 10.1. The van der Waals surface area contributed by atoms with Crippen molar-refractivity contribution in [3.05, 3.63) is 71.0 Å². The first kappa shape index (κ1) is 22.5. The van der Waals surface area contributed by atoms with Crippen LogP contribution in [0.3, 0.4) is 0 Å². The predicted molar refractivity (Wildman–Crippen MR) is 119 cm³/mol. The van der Waals surface area contributed by atoms with Crippen LogP contribution in [0.5, 0.6) is 0 Å². The minimum absolute atomic E-state index is 0.0825. The molecule has 0 saturated carbocycles. The largest absolute Gasteiger partial charge is 0.420 e. The number of imidazole rings is 1. The van der Waals surface area contributed by atoms with Gasteiger partial charge in [-0.3, -0.25) is 13.9 Å². The summed E-state index contributed by atoms with van der Waals surface area (Å²) in [7, 11) is 1.27. The molecule has 0 bridgehead atoms. The Morgan fingerprint density at radius 3 is 2.60 bits per heavy atom. The molecule has 0 saturated heterocycles. The van der Waals surface area contributed by atoms with Gasteiger partial charge >= 0.3 is 6.18 Å². The first-order valence-corrected chi connectivity index (χ1v) is 10.4. The van der Waals surface area contributed by atoms with Crippen molar-refractivity contribution in [1.29, 1.82) is 0 Å². The Balaban J connectivity index is 1.57. The van der Waals surface area contributed by atoms with Gasteiger partial charge < -0.3 is 5.32 Å². The van der Waals surface area contributed by atoms with Gasteiger partial charge in [-0.15, -0.1) is 4.80 Å². The number of hydrogen-bond donors (Lipinski definition) is 1. The summed E-state index contributed by atoms with van der Waals surface area (Å²) >= 11 is 6.21. The highest BCUT2D eigenvalue weighted by Crippen LogP contribution is 2.39. The maximum Gasteiger partial charge on any atom is 0.420 e. The van der Waals surface area contributed by atoms with E-state index in [1.165, 1.54) is 47.0 Å². The van der Waals surface area contributed by atoms with E-state index in [2.05, 4.69) is 30.6 Å². The molecule has 1 N–H and O–H groups in total. The molecule has 1 amide bonds. The van der Waals surface area contributed by atoms with Crippen molar-refractivity contribution >= 4 is 28.8 Å². The molecule has 178 valence electrons. The van der Waals surface area contributed by atoms with E-state index in [0.29, 0.717) is 11.3 Å². The fourth-order valence-corrected chi connectivity index (χ4v) is 3.96. The van der Waals surface area contributed by atoms with Crippen molar-refractivity contribution in [2.45, 2.75) is 13.1 Å². The smallest absolute Gasteiger partial charge is 0.319 e. The van der Waals surface area contributed by atoms with Crippen molar-refractivity contribution in [1.82, 2.24) is 39.1 Å². The molecule has 0 aliphatic heterocycles. The molecular formula is C21H15ClF3N9O. The SMILES string of the molecule is Cc1cn2c(-c3nn(C)c(C(=O)Nc4cnc(-n5nccn5)c(Cl)c4)c3C(F)(F)F)cccc2n1. The molecule has 0 fully saturated rings. The van der Waals surface area contributed by atoms with Crippen LogP contribution in [0, 0.1) is 6.92 Å². The van der Waals surface area contributed by atoms with Gasteiger partial charge in [-0.05, 0) is 25.1 Å². The van der Waals surface area contributed by atoms with E-state index in [-0.39, 0.29) is 22.2 Å². The predicted octanol–water partition coefficient (Wildman–Crippen LogP) is 3.94. The van der Waals surface area contributed by atoms with E-state index >= 15 is 0 Å². The number of fused-ring (bicyclic) bond motifs is 1. The second kappa shape index (κ2) is 8.20. The van der Waals surface area contributed by atoms with Crippen molar-refractivity contribution in [2.24, 2.45) is 7.05 Å². The second-order valence-corrected chi connectivity index (χ2v) is 7.92. The standard InChI is InChI=1S/C21H15ClF3N9O/c1-11-10-33-14(4-3-5-15(33)29-11)17-16(21(23,24)25)18(32(2)31-17)20(35)30-12-8-13(22)19(26-9-12)34-27-6-7-28-34/h3-10H,1-2H3,(H,30,35). The molecular weight excluding hydrogens is 487 g/mol. The van der Waals surface area contributed by atoms with E-state index < -0.39 is 29.0 Å². The van der Waals surface area contributed by atoms with Gasteiger partial charge in [0.2, 0.25) is 0 Å². The molecule has 0 spiro atoms. The normalized spacial score (nSPS) is 11.8. The van der Waals surface area contributed by atoms with E-state index in [0.717, 1.165) is 4.68 Å². The molecule has 5 heterocycles. The number of aromatic nitrogens is 8. The van der Waals surface area contributed by atoms with Gasteiger partial charge in [-0.25, -0.2) is 9.97 Å². The van der Waals surface area contributed by atoms with Crippen LogP contribution in [0.25, 0.3) is 22.9 Å². The molecule has 0 aliphatic carbocycles. The number of hydrogen-bond acceptors (Lipinski definition) is 6. The van der Waals surface area contributed by atoms with Crippen molar-refractivity contribution in [3.63, 3.8) is 0 Å². The highest BCUT2D eigenvalue weighted by atomic mass is 35.5. The Hall–Kier alpha value is -4.26. The fraction of sp³-hybridized carbons (Fsp3) is 0.143. The molecule has 0 aromatic carbocycles. The lowest BCUT2D eigenvalue weighted by molar-refractivity contribution is -0.137. The molecule has 5 aromatic heterocycles. The summed E-state index contributed by atoms with van der Waals surface area (Å²) in [6.07, 6.45) is 0.820. The van der Waals surface area contributed by atoms with Crippen LogP contribution in [0.1, 0.15) is 21.7 Å².